The van der Waals surface area contributed by atoms with E-state index in [1.54, 1.807) is 0 Å². The van der Waals surface area contributed by atoms with Gasteiger partial charge in [0.25, 0.3) is 0 Å². The fraction of sp³-hybridized carbons (Fsp3) is 0.950. The van der Waals surface area contributed by atoms with E-state index in [1.165, 1.54) is 231 Å². The Labute approximate surface area is 607 Å². The quantitative estimate of drug-likeness (QED) is 0.0222. The predicted octanol–water partition coefficient (Wildman–Crippen LogP) is 23.9. The van der Waals surface area contributed by atoms with E-state index in [2.05, 4.69) is 41.5 Å². The number of esters is 4. The number of aliphatic hydroxyl groups excluding tert-OH is 1. The fourth-order valence-electron chi connectivity index (χ4n) is 12.3. The molecular formula is C80H156O17P2. The highest BCUT2D eigenvalue weighted by Gasteiger charge is 2.30. The molecule has 0 aromatic heterocycles. The summed E-state index contributed by atoms with van der Waals surface area (Å²) in [6.45, 7) is 9.68. The number of carbonyl (C=O) groups excluding carboxylic acids is 4. The zero-order chi connectivity index (χ0) is 72.8. The van der Waals surface area contributed by atoms with E-state index in [-0.39, 0.29) is 25.7 Å². The molecule has 0 aliphatic carbocycles. The zero-order valence-electron chi connectivity index (χ0n) is 64.8. The van der Waals surface area contributed by atoms with Crippen LogP contribution < -0.4 is 0 Å². The van der Waals surface area contributed by atoms with Gasteiger partial charge in [0.1, 0.15) is 19.3 Å². The summed E-state index contributed by atoms with van der Waals surface area (Å²) in [6, 6.07) is 0. The van der Waals surface area contributed by atoms with Crippen LogP contribution in [0.15, 0.2) is 0 Å². The van der Waals surface area contributed by atoms with E-state index in [9.17, 15) is 43.2 Å². The Kier molecular flexibility index (Phi) is 70.3. The molecular weight excluding hydrogens is 1290 g/mol. The molecule has 0 aliphatic rings. The number of ether oxygens (including phenoxy) is 4. The molecule has 588 valence electrons. The lowest BCUT2D eigenvalue weighted by Gasteiger charge is -2.21. The van der Waals surface area contributed by atoms with E-state index >= 15 is 0 Å². The van der Waals surface area contributed by atoms with Crippen LogP contribution in [0.5, 0.6) is 0 Å². The zero-order valence-corrected chi connectivity index (χ0v) is 66.6. The van der Waals surface area contributed by atoms with Gasteiger partial charge in [-0.15, -0.1) is 0 Å². The Morgan fingerprint density at radius 3 is 0.768 bits per heavy atom. The minimum absolute atomic E-state index is 0.106. The Morgan fingerprint density at radius 1 is 0.293 bits per heavy atom. The highest BCUT2D eigenvalue weighted by atomic mass is 31.2. The summed E-state index contributed by atoms with van der Waals surface area (Å²) >= 11 is 0. The van der Waals surface area contributed by atoms with Crippen LogP contribution in [0.2, 0.25) is 0 Å². The summed E-state index contributed by atoms with van der Waals surface area (Å²) in [6.07, 6.45) is 61.2. The molecule has 0 radical (unpaired) electrons. The van der Waals surface area contributed by atoms with Crippen LogP contribution in [0.3, 0.4) is 0 Å². The SMILES string of the molecule is CCCCCCCCCCCCC(=O)O[C@H](COC(=O)CCCCCCCCCC)COP(=O)(O)OC[C@H](O)COP(=O)(O)OC[C@@H](COC(=O)CCCCCCCCCCCCCCCCCCC(C)C)OC(=O)CCCCCCCCCCCCCCCCCCCCC(C)CC. The van der Waals surface area contributed by atoms with Crippen molar-refractivity contribution in [2.24, 2.45) is 11.8 Å². The smallest absolute Gasteiger partial charge is 0.462 e. The number of hydrogen-bond donors (Lipinski definition) is 3. The van der Waals surface area contributed by atoms with Gasteiger partial charge in [-0.1, -0.05) is 369 Å². The Balaban J connectivity index is 5.15. The average Bonchev–Trinajstić information content (AvgIpc) is 1.62. The van der Waals surface area contributed by atoms with E-state index in [0.717, 1.165) is 108 Å². The fourth-order valence-corrected chi connectivity index (χ4v) is 13.9. The topological polar surface area (TPSA) is 237 Å². The summed E-state index contributed by atoms with van der Waals surface area (Å²) in [5.74, 6) is -0.430. The molecule has 0 amide bonds. The molecule has 0 aromatic carbocycles. The number of hydrogen-bond acceptors (Lipinski definition) is 15. The molecule has 0 spiro atoms. The minimum atomic E-state index is -4.96. The maximum absolute atomic E-state index is 13.1. The lowest BCUT2D eigenvalue weighted by atomic mass is 9.99. The molecule has 0 heterocycles. The molecule has 3 N–H and O–H groups in total. The molecule has 6 atom stereocenters. The molecule has 0 rings (SSSR count). The Hall–Kier alpha value is -1.94. The lowest BCUT2D eigenvalue weighted by Crippen LogP contribution is -2.30. The van der Waals surface area contributed by atoms with Crippen LogP contribution >= 0.6 is 15.6 Å². The van der Waals surface area contributed by atoms with Crippen LogP contribution in [0, 0.1) is 11.8 Å². The van der Waals surface area contributed by atoms with Crippen molar-refractivity contribution in [3.8, 4) is 0 Å². The van der Waals surface area contributed by atoms with Crippen molar-refractivity contribution in [1.82, 2.24) is 0 Å². The Morgan fingerprint density at radius 2 is 0.515 bits per heavy atom. The summed E-state index contributed by atoms with van der Waals surface area (Å²) in [5.41, 5.74) is 0. The number of unbranched alkanes of at least 4 members (excludes halogenated alkanes) is 48. The maximum atomic E-state index is 13.1. The van der Waals surface area contributed by atoms with Crippen LogP contribution in [0.4, 0.5) is 0 Å². The summed E-state index contributed by atoms with van der Waals surface area (Å²) in [4.78, 5) is 72.8. The van der Waals surface area contributed by atoms with Gasteiger partial charge in [0.05, 0.1) is 26.4 Å². The summed E-state index contributed by atoms with van der Waals surface area (Å²) < 4.78 is 68.5. The van der Waals surface area contributed by atoms with Gasteiger partial charge >= 0.3 is 39.5 Å². The molecule has 3 unspecified atom stereocenters. The van der Waals surface area contributed by atoms with Gasteiger partial charge in [-0.25, -0.2) is 9.13 Å². The third-order valence-electron chi connectivity index (χ3n) is 19.1. The second-order valence-corrected chi connectivity index (χ2v) is 32.4. The van der Waals surface area contributed by atoms with Gasteiger partial charge in [0.15, 0.2) is 12.2 Å². The molecule has 17 nitrogen and oxygen atoms in total. The van der Waals surface area contributed by atoms with Gasteiger partial charge in [0, 0.05) is 25.7 Å². The van der Waals surface area contributed by atoms with Gasteiger partial charge in [0.2, 0.25) is 0 Å². The number of carbonyl (C=O) groups is 4. The molecule has 0 saturated carbocycles. The van der Waals surface area contributed by atoms with E-state index < -0.39 is 97.5 Å². The van der Waals surface area contributed by atoms with Gasteiger partial charge < -0.3 is 33.8 Å². The minimum Gasteiger partial charge on any atom is -0.462 e. The molecule has 99 heavy (non-hydrogen) atoms. The highest BCUT2D eigenvalue weighted by molar-refractivity contribution is 7.47. The second-order valence-electron chi connectivity index (χ2n) is 29.5. The number of phosphoric ester groups is 2. The van der Waals surface area contributed by atoms with Crippen molar-refractivity contribution >= 4 is 39.5 Å². The van der Waals surface area contributed by atoms with Gasteiger partial charge in [-0.05, 0) is 37.5 Å². The highest BCUT2D eigenvalue weighted by Crippen LogP contribution is 2.45. The van der Waals surface area contributed by atoms with E-state index in [0.29, 0.717) is 25.7 Å². The first-order valence-corrected chi connectivity index (χ1v) is 44.5. The van der Waals surface area contributed by atoms with Crippen molar-refractivity contribution in [3.63, 3.8) is 0 Å². The average molecular weight is 1450 g/mol. The van der Waals surface area contributed by atoms with Gasteiger partial charge in [-0.2, -0.15) is 0 Å². The summed E-state index contributed by atoms with van der Waals surface area (Å²) in [7, 11) is -9.91. The number of rotatable bonds is 79. The standard InChI is InChI=1S/C80H156O17P2/c1-7-10-12-14-16-18-39-46-52-58-64-79(84)96-75(68-90-77(82)62-56-50-44-17-15-13-11-8-2)70-94-98(86,87)92-66-74(81)67-93-99(88,89)95-71-76(69-91-78(83)63-57-51-45-40-35-31-27-24-23-25-29-33-37-42-48-54-60-72(4)5)97-80(85)65-59-53-47-41-36-32-28-22-20-19-21-26-30-34-38-43-49-55-61-73(6)9-3/h72-76,81H,7-71H2,1-6H3,(H,86,87)(H,88,89)/t73?,74-,75+,76+/m0/s1. The van der Waals surface area contributed by atoms with Crippen molar-refractivity contribution in [1.29, 1.82) is 0 Å². The number of aliphatic hydroxyl groups is 1. The molecule has 19 heteroatoms. The summed E-state index contributed by atoms with van der Waals surface area (Å²) in [5, 5.41) is 10.6. The lowest BCUT2D eigenvalue weighted by molar-refractivity contribution is -0.161. The van der Waals surface area contributed by atoms with Gasteiger partial charge in [-0.3, -0.25) is 37.3 Å². The molecule has 0 bridgehead atoms. The van der Waals surface area contributed by atoms with Crippen molar-refractivity contribution in [3.05, 3.63) is 0 Å². The van der Waals surface area contributed by atoms with Crippen LogP contribution in [0.25, 0.3) is 0 Å². The van der Waals surface area contributed by atoms with E-state index in [1.807, 2.05) is 0 Å². The monoisotopic (exact) mass is 1450 g/mol. The molecule has 0 aromatic rings. The molecule has 0 saturated heterocycles. The largest absolute Gasteiger partial charge is 0.472 e. The van der Waals surface area contributed by atoms with Crippen LogP contribution in [0.1, 0.15) is 420 Å². The first-order chi connectivity index (χ1) is 47.9. The van der Waals surface area contributed by atoms with Crippen molar-refractivity contribution in [2.75, 3.05) is 39.6 Å². The third kappa shape index (κ3) is 72.8. The normalized spacial score (nSPS) is 14.2. The maximum Gasteiger partial charge on any atom is 0.472 e. The third-order valence-corrected chi connectivity index (χ3v) is 21.0. The number of phosphoric acid groups is 2. The van der Waals surface area contributed by atoms with Crippen molar-refractivity contribution in [2.45, 2.75) is 439 Å². The van der Waals surface area contributed by atoms with E-state index in [4.69, 9.17) is 37.0 Å². The first-order valence-electron chi connectivity index (χ1n) is 41.5. The predicted molar refractivity (Wildman–Crippen MR) is 405 cm³/mol. The molecule has 0 aliphatic heterocycles. The Bertz CT molecular complexity index is 1910. The first kappa shape index (κ1) is 97.1. The second kappa shape index (κ2) is 71.7. The van der Waals surface area contributed by atoms with Crippen molar-refractivity contribution < 1.29 is 80.2 Å². The van der Waals surface area contributed by atoms with Crippen LogP contribution in [-0.4, -0.2) is 96.7 Å². The van der Waals surface area contributed by atoms with Crippen LogP contribution in [-0.2, 0) is 65.4 Å². The molecule has 0 fully saturated rings.